The maximum absolute atomic E-state index is 6.39. The lowest BCUT2D eigenvalue weighted by Gasteiger charge is -2.21. The Morgan fingerprint density at radius 1 is 0.727 bits per heavy atom. The molecule has 1 aliphatic rings. The minimum atomic E-state index is 0.362. The smallest absolute Gasteiger partial charge is 0.233 e. The molecule has 8 nitrogen and oxygen atoms in total. The van der Waals surface area contributed by atoms with Gasteiger partial charge in [-0.05, 0) is 37.1 Å². The molecule has 0 atom stereocenters. The summed E-state index contributed by atoms with van der Waals surface area (Å²) in [6.45, 7) is 1.78. The van der Waals surface area contributed by atoms with Crippen molar-refractivity contribution >= 4 is 52.4 Å². The molecule has 1 saturated heterocycles. The topological polar surface area (TPSA) is 84.4 Å². The van der Waals surface area contributed by atoms with Crippen molar-refractivity contribution in [3.63, 3.8) is 0 Å². The van der Waals surface area contributed by atoms with Crippen LogP contribution in [-0.2, 0) is 0 Å². The summed E-state index contributed by atoms with van der Waals surface area (Å²) in [5, 5.41) is 7.47. The van der Waals surface area contributed by atoms with Crippen molar-refractivity contribution in [2.24, 2.45) is 0 Å². The number of nitrogens with zero attached hydrogens (tertiary/aromatic N) is 4. The summed E-state index contributed by atoms with van der Waals surface area (Å²) in [5.41, 5.74) is 1.27. The number of benzene rings is 2. The van der Waals surface area contributed by atoms with E-state index in [2.05, 4.69) is 30.5 Å². The van der Waals surface area contributed by atoms with Crippen molar-refractivity contribution in [1.29, 1.82) is 0 Å². The molecular weight excluding hydrogens is 463 g/mol. The van der Waals surface area contributed by atoms with Crippen LogP contribution in [0.4, 0.5) is 29.2 Å². The first-order valence-electron chi connectivity index (χ1n) is 10.8. The molecule has 2 heterocycles. The highest BCUT2D eigenvalue weighted by Crippen LogP contribution is 2.31. The van der Waals surface area contributed by atoms with Crippen LogP contribution in [-0.4, -0.2) is 42.3 Å². The van der Waals surface area contributed by atoms with Crippen molar-refractivity contribution in [1.82, 2.24) is 15.0 Å². The van der Waals surface area contributed by atoms with E-state index in [4.69, 9.17) is 32.7 Å². The average molecular weight is 489 g/mol. The van der Waals surface area contributed by atoms with Gasteiger partial charge in [0.05, 0.1) is 35.6 Å². The van der Waals surface area contributed by atoms with Gasteiger partial charge in [0.2, 0.25) is 17.8 Å². The van der Waals surface area contributed by atoms with E-state index in [1.54, 1.807) is 50.6 Å². The maximum atomic E-state index is 6.39. The van der Waals surface area contributed by atoms with Gasteiger partial charge >= 0.3 is 0 Å². The Morgan fingerprint density at radius 2 is 1.21 bits per heavy atom. The number of methoxy groups -OCH3 is 2. The summed E-state index contributed by atoms with van der Waals surface area (Å²) in [6.07, 6.45) is 4.61. The van der Waals surface area contributed by atoms with E-state index in [9.17, 15) is 0 Å². The summed E-state index contributed by atoms with van der Waals surface area (Å²) in [7, 11) is 3.21. The quantitative estimate of drug-likeness (QED) is 0.414. The van der Waals surface area contributed by atoms with Gasteiger partial charge in [-0.25, -0.2) is 0 Å². The van der Waals surface area contributed by atoms with Gasteiger partial charge in [0.25, 0.3) is 0 Å². The van der Waals surface area contributed by atoms with Crippen LogP contribution in [0.3, 0.4) is 0 Å². The molecule has 0 spiro atoms. The molecule has 10 heteroatoms. The van der Waals surface area contributed by atoms with Crippen LogP contribution in [0.15, 0.2) is 36.4 Å². The second-order valence-corrected chi connectivity index (χ2v) is 8.44. The molecule has 2 aromatic carbocycles. The van der Waals surface area contributed by atoms with Crippen molar-refractivity contribution in [3.8, 4) is 11.5 Å². The first kappa shape index (κ1) is 23.2. The van der Waals surface area contributed by atoms with E-state index in [0.717, 1.165) is 25.9 Å². The lowest BCUT2D eigenvalue weighted by atomic mass is 10.2. The van der Waals surface area contributed by atoms with E-state index < -0.39 is 0 Å². The fraction of sp³-hybridized carbons (Fsp3) is 0.348. The van der Waals surface area contributed by atoms with E-state index in [1.165, 1.54) is 12.8 Å². The number of rotatable bonds is 7. The van der Waals surface area contributed by atoms with Crippen LogP contribution >= 0.6 is 23.2 Å². The predicted molar refractivity (Wildman–Crippen MR) is 133 cm³/mol. The third-order valence-electron chi connectivity index (χ3n) is 5.35. The molecule has 0 radical (unpaired) electrons. The van der Waals surface area contributed by atoms with E-state index >= 15 is 0 Å². The van der Waals surface area contributed by atoms with Crippen LogP contribution < -0.4 is 25.0 Å². The van der Waals surface area contributed by atoms with Gasteiger partial charge < -0.3 is 25.0 Å². The molecule has 0 saturated carbocycles. The van der Waals surface area contributed by atoms with E-state index in [0.29, 0.717) is 50.8 Å². The van der Waals surface area contributed by atoms with Gasteiger partial charge in [0.15, 0.2) is 0 Å². The Hall–Kier alpha value is -2.97. The summed E-state index contributed by atoms with van der Waals surface area (Å²) in [5.74, 6) is 2.66. The first-order valence-corrected chi connectivity index (χ1v) is 11.5. The third kappa shape index (κ3) is 5.89. The third-order valence-corrected chi connectivity index (χ3v) is 6.01. The molecule has 0 aliphatic carbocycles. The number of hydrogen-bond acceptors (Lipinski definition) is 8. The van der Waals surface area contributed by atoms with Crippen molar-refractivity contribution in [3.05, 3.63) is 46.4 Å². The van der Waals surface area contributed by atoms with E-state index in [1.807, 2.05) is 0 Å². The van der Waals surface area contributed by atoms with Gasteiger partial charge in [-0.2, -0.15) is 15.0 Å². The molecule has 2 N–H and O–H groups in total. The Morgan fingerprint density at radius 3 is 1.67 bits per heavy atom. The number of hydrogen-bond donors (Lipinski definition) is 2. The normalized spacial score (nSPS) is 13.9. The van der Waals surface area contributed by atoms with Crippen molar-refractivity contribution < 1.29 is 9.47 Å². The second-order valence-electron chi connectivity index (χ2n) is 7.63. The fourth-order valence-corrected chi connectivity index (χ4v) is 3.91. The zero-order valence-electron chi connectivity index (χ0n) is 18.6. The Labute approximate surface area is 203 Å². The van der Waals surface area contributed by atoms with E-state index in [-0.39, 0.29) is 0 Å². The molecule has 0 bridgehead atoms. The van der Waals surface area contributed by atoms with Crippen LogP contribution in [0, 0.1) is 0 Å². The molecule has 1 aliphatic heterocycles. The largest absolute Gasteiger partial charge is 0.497 e. The van der Waals surface area contributed by atoms with Crippen LogP contribution in [0.25, 0.3) is 0 Å². The zero-order valence-corrected chi connectivity index (χ0v) is 20.1. The summed E-state index contributed by atoms with van der Waals surface area (Å²) in [4.78, 5) is 16.1. The Bertz CT molecular complexity index is 1030. The van der Waals surface area contributed by atoms with Gasteiger partial charge in [0, 0.05) is 25.2 Å². The number of ether oxygens (including phenoxy) is 2. The lowest BCUT2D eigenvalue weighted by molar-refractivity contribution is 0.415. The van der Waals surface area contributed by atoms with Gasteiger partial charge in [-0.1, -0.05) is 36.0 Å². The summed E-state index contributed by atoms with van der Waals surface area (Å²) < 4.78 is 10.6. The molecule has 0 amide bonds. The molecule has 1 aromatic heterocycles. The molecule has 174 valence electrons. The molecular formula is C23H26Cl2N6O2. The Balaban J connectivity index is 1.70. The lowest BCUT2D eigenvalue weighted by Crippen LogP contribution is -2.26. The van der Waals surface area contributed by atoms with Gasteiger partial charge in [0.1, 0.15) is 11.5 Å². The SMILES string of the molecule is COc1ccc(Cl)c(Nc2nc(Nc3cc(OC)ccc3Cl)nc(N3CCCCCC3)n2)c1. The van der Waals surface area contributed by atoms with Crippen LogP contribution in [0.1, 0.15) is 25.7 Å². The number of halogens is 2. The highest BCUT2D eigenvalue weighted by atomic mass is 35.5. The second kappa shape index (κ2) is 10.8. The zero-order chi connectivity index (χ0) is 23.2. The summed E-state index contributed by atoms with van der Waals surface area (Å²) >= 11 is 12.8. The molecule has 3 aromatic rings. The summed E-state index contributed by atoms with van der Waals surface area (Å²) in [6, 6.07) is 10.7. The molecule has 0 unspecified atom stereocenters. The maximum Gasteiger partial charge on any atom is 0.233 e. The minimum Gasteiger partial charge on any atom is -0.497 e. The highest BCUT2D eigenvalue weighted by Gasteiger charge is 2.17. The first-order chi connectivity index (χ1) is 16.1. The number of nitrogens with one attached hydrogen (secondary N) is 2. The fourth-order valence-electron chi connectivity index (χ4n) is 3.58. The van der Waals surface area contributed by atoms with Crippen molar-refractivity contribution in [2.45, 2.75) is 25.7 Å². The molecule has 1 fully saturated rings. The number of aromatic nitrogens is 3. The molecule has 33 heavy (non-hydrogen) atoms. The van der Waals surface area contributed by atoms with Crippen molar-refractivity contribution in [2.75, 3.05) is 42.8 Å². The molecule has 4 rings (SSSR count). The number of anilines is 5. The highest BCUT2D eigenvalue weighted by molar-refractivity contribution is 6.33. The predicted octanol–water partition coefficient (Wildman–Crippen LogP) is 6.06. The van der Waals surface area contributed by atoms with Crippen LogP contribution in [0.5, 0.6) is 11.5 Å². The monoisotopic (exact) mass is 488 g/mol. The van der Waals surface area contributed by atoms with Gasteiger partial charge in [-0.3, -0.25) is 0 Å². The minimum absolute atomic E-state index is 0.362. The van der Waals surface area contributed by atoms with Crippen LogP contribution in [0.2, 0.25) is 10.0 Å². The standard InChI is InChI=1S/C23H26Cl2N6O2/c1-32-15-7-9-17(24)19(13-15)26-21-28-22(27-20-14-16(33-2)8-10-18(20)25)30-23(29-21)31-11-5-3-4-6-12-31/h7-10,13-14H,3-6,11-12H2,1-2H3,(H2,26,27,28,29,30). The average Bonchev–Trinajstić information content (AvgIpc) is 3.11. The van der Waals surface area contributed by atoms with Gasteiger partial charge in [-0.15, -0.1) is 0 Å². The Kier molecular flexibility index (Phi) is 7.57.